The van der Waals surface area contributed by atoms with E-state index >= 15 is 0 Å². The third kappa shape index (κ3) is 3.31. The van der Waals surface area contributed by atoms with Gasteiger partial charge >= 0.3 is 0 Å². The third-order valence-electron chi connectivity index (χ3n) is 3.59. The highest BCUT2D eigenvalue weighted by molar-refractivity contribution is 5.91. The van der Waals surface area contributed by atoms with E-state index in [1.54, 1.807) is 24.1 Å². The minimum atomic E-state index is -0.279. The number of morpholine rings is 1. The van der Waals surface area contributed by atoms with Crippen molar-refractivity contribution in [2.75, 3.05) is 38.7 Å². The van der Waals surface area contributed by atoms with Crippen LogP contribution in [0, 0.1) is 6.92 Å². The molecule has 8 heteroatoms. The van der Waals surface area contributed by atoms with Crippen LogP contribution in [0.15, 0.2) is 22.9 Å². The molecule has 0 aliphatic carbocycles. The van der Waals surface area contributed by atoms with Crippen LogP contribution in [-0.4, -0.2) is 59.7 Å². The molecule has 0 radical (unpaired) electrons. The highest BCUT2D eigenvalue weighted by Crippen LogP contribution is 2.22. The van der Waals surface area contributed by atoms with Gasteiger partial charge in [-0.15, -0.1) is 0 Å². The molecule has 2 aromatic heterocycles. The second-order valence-electron chi connectivity index (χ2n) is 5.62. The number of nitrogens with zero attached hydrogens (tertiary/aromatic N) is 5. The first-order valence-corrected chi connectivity index (χ1v) is 7.39. The molecular formula is C15H19N5O3. The molecule has 3 rings (SSSR count). The zero-order valence-electron chi connectivity index (χ0n) is 13.4. The number of hydrogen-bond acceptors (Lipinski definition) is 7. The number of carbonyl (C=O) groups is 1. The van der Waals surface area contributed by atoms with Gasteiger partial charge in [0.05, 0.1) is 24.5 Å². The van der Waals surface area contributed by atoms with Crippen LogP contribution in [0.4, 0.5) is 5.95 Å². The van der Waals surface area contributed by atoms with Crippen LogP contribution in [0.5, 0.6) is 0 Å². The van der Waals surface area contributed by atoms with Gasteiger partial charge in [0.2, 0.25) is 11.7 Å². The van der Waals surface area contributed by atoms with Gasteiger partial charge in [-0.1, -0.05) is 5.16 Å². The fourth-order valence-corrected chi connectivity index (χ4v) is 2.39. The van der Waals surface area contributed by atoms with E-state index in [1.807, 2.05) is 25.1 Å². The van der Waals surface area contributed by atoms with Crippen molar-refractivity contribution in [3.63, 3.8) is 0 Å². The molecule has 0 saturated carbocycles. The van der Waals surface area contributed by atoms with Crippen LogP contribution < -0.4 is 4.90 Å². The number of amides is 1. The lowest BCUT2D eigenvalue weighted by Crippen LogP contribution is -2.42. The summed E-state index contributed by atoms with van der Waals surface area (Å²) in [7, 11) is 3.76. The fourth-order valence-electron chi connectivity index (χ4n) is 2.39. The molecule has 2 aromatic rings. The molecule has 23 heavy (non-hydrogen) atoms. The summed E-state index contributed by atoms with van der Waals surface area (Å²) in [5.41, 5.74) is 1.44. The first-order chi connectivity index (χ1) is 11.0. The Morgan fingerprint density at radius 3 is 2.96 bits per heavy atom. The van der Waals surface area contributed by atoms with Crippen molar-refractivity contribution in [1.82, 2.24) is 20.0 Å². The van der Waals surface area contributed by atoms with Crippen LogP contribution in [0.2, 0.25) is 0 Å². The van der Waals surface area contributed by atoms with Crippen LogP contribution in [0.1, 0.15) is 28.0 Å². The van der Waals surface area contributed by atoms with Gasteiger partial charge in [0, 0.05) is 32.9 Å². The average Bonchev–Trinajstić information content (AvgIpc) is 3.01. The van der Waals surface area contributed by atoms with E-state index < -0.39 is 0 Å². The fraction of sp³-hybridized carbons (Fsp3) is 0.467. The Morgan fingerprint density at radius 1 is 1.43 bits per heavy atom. The number of ether oxygens (including phenoxy) is 1. The molecule has 0 aromatic carbocycles. The molecule has 1 atom stereocenters. The van der Waals surface area contributed by atoms with Gasteiger partial charge in [-0.25, -0.2) is 9.97 Å². The van der Waals surface area contributed by atoms with Gasteiger partial charge in [-0.05, 0) is 13.0 Å². The van der Waals surface area contributed by atoms with Gasteiger partial charge in [0.25, 0.3) is 5.91 Å². The van der Waals surface area contributed by atoms with Gasteiger partial charge in [0.15, 0.2) is 0 Å². The van der Waals surface area contributed by atoms with Gasteiger partial charge in [-0.3, -0.25) is 4.79 Å². The topological polar surface area (TPSA) is 84.6 Å². The highest BCUT2D eigenvalue weighted by atomic mass is 16.5. The van der Waals surface area contributed by atoms with E-state index in [9.17, 15) is 4.79 Å². The van der Waals surface area contributed by atoms with E-state index in [-0.39, 0.29) is 17.8 Å². The molecule has 1 aliphatic rings. The lowest BCUT2D eigenvalue weighted by atomic mass is 10.2. The summed E-state index contributed by atoms with van der Waals surface area (Å²) in [6.45, 7) is 3.17. The van der Waals surface area contributed by atoms with Crippen molar-refractivity contribution in [2.24, 2.45) is 0 Å². The highest BCUT2D eigenvalue weighted by Gasteiger charge is 2.29. The lowest BCUT2D eigenvalue weighted by Gasteiger charge is -2.32. The predicted octanol–water partition coefficient (Wildman–Crippen LogP) is 1.05. The van der Waals surface area contributed by atoms with Gasteiger partial charge in [-0.2, -0.15) is 0 Å². The number of hydrogen-bond donors (Lipinski definition) is 0. The second kappa shape index (κ2) is 6.33. The zero-order valence-corrected chi connectivity index (χ0v) is 13.4. The van der Waals surface area contributed by atoms with Crippen LogP contribution in [0.25, 0.3) is 0 Å². The van der Waals surface area contributed by atoms with Crippen molar-refractivity contribution < 1.29 is 14.1 Å². The average molecular weight is 317 g/mol. The standard InChI is InChI=1S/C15H19N5O3/c1-10-8-12(23-18-10)14(21)20-6-7-22-13(9-20)11-4-5-16-15(17-11)19(2)3/h4-5,8,13H,6-7,9H2,1-3H3/t13-/m1/s1. The Bertz CT molecular complexity index is 700. The van der Waals surface area contributed by atoms with Crippen LogP contribution >= 0.6 is 0 Å². The molecule has 1 amide bonds. The minimum absolute atomic E-state index is 0.180. The summed E-state index contributed by atoms with van der Waals surface area (Å²) in [4.78, 5) is 24.7. The summed E-state index contributed by atoms with van der Waals surface area (Å²) in [5.74, 6) is 0.681. The smallest absolute Gasteiger partial charge is 0.292 e. The lowest BCUT2D eigenvalue weighted by molar-refractivity contribution is -0.0258. The van der Waals surface area contributed by atoms with Crippen LogP contribution in [0.3, 0.4) is 0 Å². The maximum atomic E-state index is 12.5. The van der Waals surface area contributed by atoms with E-state index in [0.29, 0.717) is 31.3 Å². The quantitative estimate of drug-likeness (QED) is 0.836. The van der Waals surface area contributed by atoms with E-state index in [1.165, 1.54) is 0 Å². The maximum Gasteiger partial charge on any atom is 0.292 e. The molecule has 0 N–H and O–H groups in total. The maximum absolute atomic E-state index is 12.5. The Kier molecular flexibility index (Phi) is 4.24. The van der Waals surface area contributed by atoms with Crippen molar-refractivity contribution in [3.8, 4) is 0 Å². The molecule has 0 unspecified atom stereocenters. The molecule has 0 bridgehead atoms. The first kappa shape index (κ1) is 15.4. The summed E-state index contributed by atoms with van der Waals surface area (Å²) in [6.07, 6.45) is 1.42. The Hall–Kier alpha value is -2.48. The van der Waals surface area contributed by atoms with Crippen molar-refractivity contribution in [2.45, 2.75) is 13.0 Å². The number of rotatable bonds is 3. The SMILES string of the molecule is Cc1cc(C(=O)N2CCO[C@@H](c3ccnc(N(C)C)n3)C2)on1. The second-order valence-corrected chi connectivity index (χ2v) is 5.62. The van der Waals surface area contributed by atoms with Crippen LogP contribution in [-0.2, 0) is 4.74 Å². The number of aryl methyl sites for hydroxylation is 1. The predicted molar refractivity (Wildman–Crippen MR) is 82.2 cm³/mol. The first-order valence-electron chi connectivity index (χ1n) is 7.39. The van der Waals surface area contributed by atoms with Gasteiger partial charge in [0.1, 0.15) is 6.10 Å². The Labute approximate surface area is 134 Å². The summed E-state index contributed by atoms with van der Waals surface area (Å²) >= 11 is 0. The normalized spacial score (nSPS) is 18.0. The van der Waals surface area contributed by atoms with Gasteiger partial charge < -0.3 is 19.1 Å². The van der Waals surface area contributed by atoms with Crippen molar-refractivity contribution in [3.05, 3.63) is 35.5 Å². The molecule has 122 valence electrons. The Balaban J connectivity index is 1.75. The molecule has 1 saturated heterocycles. The molecule has 1 aliphatic heterocycles. The summed E-state index contributed by atoms with van der Waals surface area (Å²) in [6, 6.07) is 3.45. The van der Waals surface area contributed by atoms with E-state index in [4.69, 9.17) is 9.26 Å². The summed E-state index contributed by atoms with van der Waals surface area (Å²) in [5, 5.41) is 3.76. The molecule has 1 fully saturated rings. The third-order valence-corrected chi connectivity index (χ3v) is 3.59. The molecule has 0 spiro atoms. The summed E-state index contributed by atoms with van der Waals surface area (Å²) < 4.78 is 10.8. The monoisotopic (exact) mass is 317 g/mol. The van der Waals surface area contributed by atoms with E-state index in [0.717, 1.165) is 5.69 Å². The number of anilines is 1. The minimum Gasteiger partial charge on any atom is -0.368 e. The molecule has 8 nitrogen and oxygen atoms in total. The zero-order chi connectivity index (χ0) is 16.4. The van der Waals surface area contributed by atoms with Crippen molar-refractivity contribution >= 4 is 11.9 Å². The van der Waals surface area contributed by atoms with E-state index in [2.05, 4.69) is 15.1 Å². The molecule has 3 heterocycles. The number of aromatic nitrogens is 3. The Morgan fingerprint density at radius 2 is 2.26 bits per heavy atom. The molecular weight excluding hydrogens is 298 g/mol. The number of carbonyl (C=O) groups excluding carboxylic acids is 1. The van der Waals surface area contributed by atoms with Crippen molar-refractivity contribution in [1.29, 1.82) is 0 Å². The largest absolute Gasteiger partial charge is 0.368 e.